The van der Waals surface area contributed by atoms with Crippen LogP contribution in [0.2, 0.25) is 0 Å². The third-order valence-electron chi connectivity index (χ3n) is 5.49. The lowest BCUT2D eigenvalue weighted by Gasteiger charge is -2.36. The highest BCUT2D eigenvalue weighted by atomic mass is 32.2. The number of carbonyl (C=O) groups excluding carboxylic acids is 1. The van der Waals surface area contributed by atoms with Gasteiger partial charge in [-0.1, -0.05) is 42.5 Å². The molecule has 3 rings (SSSR count). The number of anilines is 1. The predicted octanol–water partition coefficient (Wildman–Crippen LogP) is 4.02. The van der Waals surface area contributed by atoms with E-state index in [4.69, 9.17) is 0 Å². The first-order chi connectivity index (χ1) is 13.8. The Morgan fingerprint density at radius 1 is 1.00 bits per heavy atom. The molecule has 1 aliphatic heterocycles. The van der Waals surface area contributed by atoms with Crippen LogP contribution in [0.3, 0.4) is 0 Å². The maximum atomic E-state index is 12.6. The van der Waals surface area contributed by atoms with Crippen molar-refractivity contribution in [1.29, 1.82) is 0 Å². The second-order valence-corrected chi connectivity index (χ2v) is 10.2. The molecule has 0 aromatic heterocycles. The molecule has 156 valence electrons. The van der Waals surface area contributed by atoms with Gasteiger partial charge in [0.25, 0.3) is 0 Å². The van der Waals surface area contributed by atoms with Crippen LogP contribution in [0.4, 0.5) is 10.5 Å². The first kappa shape index (κ1) is 21.3. The maximum absolute atomic E-state index is 12.6. The number of nitrogens with zero attached hydrogens (tertiary/aromatic N) is 2. The number of urea groups is 1. The molecule has 1 N–H and O–H groups in total. The van der Waals surface area contributed by atoms with Crippen molar-refractivity contribution in [3.05, 3.63) is 54.6 Å². The molecule has 6 nitrogen and oxygen atoms in total. The maximum Gasteiger partial charge on any atom is 0.321 e. The molecule has 0 unspecified atom stereocenters. The van der Waals surface area contributed by atoms with Crippen molar-refractivity contribution in [3.8, 4) is 11.1 Å². The van der Waals surface area contributed by atoms with Crippen LogP contribution in [0.5, 0.6) is 0 Å². The van der Waals surface area contributed by atoms with Crippen LogP contribution in [0, 0.1) is 0 Å². The van der Waals surface area contributed by atoms with Crippen LogP contribution in [0.1, 0.15) is 26.7 Å². The van der Waals surface area contributed by atoms with Crippen molar-refractivity contribution >= 4 is 21.7 Å². The number of nitrogens with one attached hydrogen (secondary N) is 1. The highest BCUT2D eigenvalue weighted by Crippen LogP contribution is 2.23. The molecule has 1 heterocycles. The summed E-state index contributed by atoms with van der Waals surface area (Å²) in [6.45, 7) is 4.30. The second kappa shape index (κ2) is 8.97. The average Bonchev–Trinajstić information content (AvgIpc) is 2.74. The Labute approximate surface area is 173 Å². The Bertz CT molecular complexity index is 920. The van der Waals surface area contributed by atoms with Crippen LogP contribution < -0.4 is 5.32 Å². The fourth-order valence-corrected chi connectivity index (χ4v) is 4.85. The molecule has 2 amide bonds. The Balaban J connectivity index is 1.56. The summed E-state index contributed by atoms with van der Waals surface area (Å²) in [4.78, 5) is 14.3. The zero-order chi connectivity index (χ0) is 21.0. The van der Waals surface area contributed by atoms with E-state index in [1.807, 2.05) is 54.6 Å². The van der Waals surface area contributed by atoms with Gasteiger partial charge >= 0.3 is 6.03 Å². The zero-order valence-electron chi connectivity index (χ0n) is 17.2. The molecule has 7 heteroatoms. The van der Waals surface area contributed by atoms with E-state index in [1.54, 1.807) is 30.1 Å². The molecule has 0 radical (unpaired) electrons. The number of carbonyl (C=O) groups is 1. The summed E-state index contributed by atoms with van der Waals surface area (Å²) in [5.41, 5.74) is 2.96. The third kappa shape index (κ3) is 4.97. The highest BCUT2D eigenvalue weighted by molar-refractivity contribution is 7.89. The molecule has 2 aromatic rings. The van der Waals surface area contributed by atoms with Crippen molar-refractivity contribution in [1.82, 2.24) is 9.21 Å². The smallest absolute Gasteiger partial charge is 0.321 e. The summed E-state index contributed by atoms with van der Waals surface area (Å²) in [5, 5.41) is 2.51. The summed E-state index contributed by atoms with van der Waals surface area (Å²) in [6, 6.07) is 17.7. The minimum atomic E-state index is -3.23. The topological polar surface area (TPSA) is 69.7 Å². The van der Waals surface area contributed by atoms with Gasteiger partial charge < -0.3 is 10.2 Å². The summed E-state index contributed by atoms with van der Waals surface area (Å²) in [7, 11) is -1.46. The number of rotatable bonds is 5. The summed E-state index contributed by atoms with van der Waals surface area (Å²) in [6.07, 6.45) is 1.28. The van der Waals surface area contributed by atoms with Crippen LogP contribution in [0.15, 0.2) is 54.6 Å². The standard InChI is InChI=1S/C22H29N3O3S/c1-17(2)29(27,28)25-15-13-21(14-16-25)24(3)22(26)23-20-11-9-19(10-12-20)18-7-5-4-6-8-18/h4-12,17,21H,13-16H2,1-3H3,(H,23,26). The van der Waals surface area contributed by atoms with Gasteiger partial charge in [0.05, 0.1) is 5.25 Å². The molecule has 0 atom stereocenters. The number of hydrogen-bond acceptors (Lipinski definition) is 3. The van der Waals surface area contributed by atoms with Crippen molar-refractivity contribution < 1.29 is 13.2 Å². The molecular formula is C22H29N3O3S. The van der Waals surface area contributed by atoms with E-state index in [0.717, 1.165) is 16.8 Å². The first-order valence-corrected chi connectivity index (χ1v) is 11.5. The predicted molar refractivity (Wildman–Crippen MR) is 117 cm³/mol. The molecular weight excluding hydrogens is 386 g/mol. The Kier molecular flexibility index (Phi) is 6.59. The van der Waals surface area contributed by atoms with Gasteiger partial charge in [-0.15, -0.1) is 0 Å². The van der Waals surface area contributed by atoms with E-state index in [9.17, 15) is 13.2 Å². The van der Waals surface area contributed by atoms with Gasteiger partial charge in [-0.2, -0.15) is 0 Å². The molecule has 2 aromatic carbocycles. The van der Waals surface area contributed by atoms with Gasteiger partial charge in [0.2, 0.25) is 10.0 Å². The second-order valence-electron chi connectivity index (χ2n) is 7.71. The molecule has 29 heavy (non-hydrogen) atoms. The minimum absolute atomic E-state index is 0.0252. The van der Waals surface area contributed by atoms with Gasteiger partial charge in [0.1, 0.15) is 0 Å². The quantitative estimate of drug-likeness (QED) is 0.802. The number of sulfonamides is 1. The van der Waals surface area contributed by atoms with Gasteiger partial charge in [0, 0.05) is 31.9 Å². The molecule has 0 spiro atoms. The van der Waals surface area contributed by atoms with Crippen LogP contribution in [-0.2, 0) is 10.0 Å². The number of hydrogen-bond donors (Lipinski definition) is 1. The van der Waals surface area contributed by atoms with Crippen molar-refractivity contribution in [3.63, 3.8) is 0 Å². The molecule has 1 fully saturated rings. The average molecular weight is 416 g/mol. The Morgan fingerprint density at radius 2 is 1.55 bits per heavy atom. The lowest BCUT2D eigenvalue weighted by atomic mass is 10.1. The fourth-order valence-electron chi connectivity index (χ4n) is 3.54. The number of piperidine rings is 1. The van der Waals surface area contributed by atoms with E-state index in [-0.39, 0.29) is 12.1 Å². The van der Waals surface area contributed by atoms with Crippen LogP contribution in [0.25, 0.3) is 11.1 Å². The lowest BCUT2D eigenvalue weighted by molar-refractivity contribution is 0.173. The van der Waals surface area contributed by atoms with Crippen LogP contribution >= 0.6 is 0 Å². The van der Waals surface area contributed by atoms with Crippen molar-refractivity contribution in [2.45, 2.75) is 38.0 Å². The van der Waals surface area contributed by atoms with Gasteiger partial charge in [-0.3, -0.25) is 0 Å². The van der Waals surface area contributed by atoms with E-state index in [0.29, 0.717) is 25.9 Å². The minimum Gasteiger partial charge on any atom is -0.325 e. The summed E-state index contributed by atoms with van der Waals surface area (Å²) >= 11 is 0. The normalized spacial score (nSPS) is 16.0. The summed E-state index contributed by atoms with van der Waals surface area (Å²) < 4.78 is 26.1. The summed E-state index contributed by atoms with van der Waals surface area (Å²) in [5.74, 6) is 0. The zero-order valence-corrected chi connectivity index (χ0v) is 18.0. The highest BCUT2D eigenvalue weighted by Gasteiger charge is 2.32. The first-order valence-electron chi connectivity index (χ1n) is 9.97. The van der Waals surface area contributed by atoms with E-state index in [1.165, 1.54) is 0 Å². The number of benzene rings is 2. The molecule has 0 saturated carbocycles. The number of amides is 2. The SMILES string of the molecule is CC(C)S(=O)(=O)N1CCC(N(C)C(=O)Nc2ccc(-c3ccccc3)cc2)CC1. The molecule has 0 aliphatic carbocycles. The Morgan fingerprint density at radius 3 is 2.10 bits per heavy atom. The lowest BCUT2D eigenvalue weighted by Crippen LogP contribution is -2.49. The molecule has 0 bridgehead atoms. The van der Waals surface area contributed by atoms with E-state index in [2.05, 4.69) is 5.32 Å². The Hall–Kier alpha value is -2.38. The van der Waals surface area contributed by atoms with Crippen LogP contribution in [-0.4, -0.2) is 55.1 Å². The third-order valence-corrected chi connectivity index (χ3v) is 7.77. The largest absolute Gasteiger partial charge is 0.325 e. The molecule has 1 saturated heterocycles. The van der Waals surface area contributed by atoms with Crippen molar-refractivity contribution in [2.75, 3.05) is 25.5 Å². The van der Waals surface area contributed by atoms with Gasteiger partial charge in [0.15, 0.2) is 0 Å². The van der Waals surface area contributed by atoms with E-state index >= 15 is 0 Å². The fraction of sp³-hybridized carbons (Fsp3) is 0.409. The molecule has 1 aliphatic rings. The monoisotopic (exact) mass is 415 g/mol. The van der Waals surface area contributed by atoms with Gasteiger partial charge in [-0.05, 0) is 49.9 Å². The van der Waals surface area contributed by atoms with Crippen molar-refractivity contribution in [2.24, 2.45) is 0 Å². The van der Waals surface area contributed by atoms with Gasteiger partial charge in [-0.25, -0.2) is 17.5 Å². The van der Waals surface area contributed by atoms with E-state index < -0.39 is 15.3 Å².